The second-order valence-electron chi connectivity index (χ2n) is 11.9. The van der Waals surface area contributed by atoms with Crippen molar-refractivity contribution in [3.05, 3.63) is 71.9 Å². The molecule has 2 saturated heterocycles. The van der Waals surface area contributed by atoms with Crippen LogP contribution in [0.1, 0.15) is 25.3 Å². The van der Waals surface area contributed by atoms with Crippen LogP contribution in [0.25, 0.3) is 22.2 Å². The molecule has 0 unspecified atom stereocenters. The highest BCUT2D eigenvalue weighted by atomic mass is 35.5. The van der Waals surface area contributed by atoms with Crippen LogP contribution in [0, 0.1) is 5.41 Å². The number of hydrogen-bond donors (Lipinski definition) is 2. The Balaban J connectivity index is 1.09. The van der Waals surface area contributed by atoms with Gasteiger partial charge in [0.1, 0.15) is 16.4 Å². The summed E-state index contributed by atoms with van der Waals surface area (Å²) in [7, 11) is 1.77. The summed E-state index contributed by atoms with van der Waals surface area (Å²) in [5.74, 6) is 0.898. The Kier molecular flexibility index (Phi) is 8.23. The highest BCUT2D eigenvalue weighted by Gasteiger charge is 2.47. The normalized spacial score (nSPS) is 19.5. The van der Waals surface area contributed by atoms with E-state index in [2.05, 4.69) is 35.1 Å². The number of hydrogen-bond acceptors (Lipinski definition) is 10. The van der Waals surface area contributed by atoms with E-state index >= 15 is 0 Å². The van der Waals surface area contributed by atoms with Crippen LogP contribution >= 0.6 is 23.4 Å². The molecule has 3 N–H and O–H groups in total. The summed E-state index contributed by atoms with van der Waals surface area (Å²) >= 11 is 8.01. The molecule has 15 heteroatoms. The lowest BCUT2D eigenvalue weighted by atomic mass is 9.73. The number of fused-ring (bicyclic) bond motifs is 1. The van der Waals surface area contributed by atoms with Gasteiger partial charge in [-0.2, -0.15) is 13.2 Å². The first-order valence-electron chi connectivity index (χ1n) is 15.0. The highest BCUT2D eigenvalue weighted by molar-refractivity contribution is 7.99. The van der Waals surface area contributed by atoms with Gasteiger partial charge in [0.2, 0.25) is 5.95 Å². The van der Waals surface area contributed by atoms with Gasteiger partial charge in [0, 0.05) is 71.5 Å². The van der Waals surface area contributed by atoms with Crippen molar-refractivity contribution in [2.75, 3.05) is 29.9 Å². The minimum Gasteiger partial charge on any atom is -0.376 e. The fourth-order valence-electron chi connectivity index (χ4n) is 6.38. The Bertz CT molecular complexity index is 1930. The quantitative estimate of drug-likeness (QED) is 0.200. The highest BCUT2D eigenvalue weighted by Crippen LogP contribution is 2.43. The number of rotatable bonds is 6. The van der Waals surface area contributed by atoms with Gasteiger partial charge in [-0.15, -0.1) is 0 Å². The maximum absolute atomic E-state index is 14.1. The van der Waals surface area contributed by atoms with Crippen molar-refractivity contribution in [2.45, 2.75) is 48.0 Å². The van der Waals surface area contributed by atoms with Gasteiger partial charge in [-0.05, 0) is 31.9 Å². The monoisotopic (exact) mass is 681 g/mol. The Labute approximate surface area is 277 Å². The van der Waals surface area contributed by atoms with Crippen LogP contribution in [0.15, 0.2) is 71.2 Å². The Morgan fingerprint density at radius 2 is 1.85 bits per heavy atom. The lowest BCUT2D eigenvalue weighted by molar-refractivity contribution is -0.137. The van der Waals surface area contributed by atoms with Crippen molar-refractivity contribution < 1.29 is 17.9 Å². The van der Waals surface area contributed by atoms with Gasteiger partial charge in [-0.3, -0.25) is 0 Å². The van der Waals surface area contributed by atoms with Gasteiger partial charge >= 0.3 is 6.18 Å². The fourth-order valence-corrected chi connectivity index (χ4v) is 7.40. The van der Waals surface area contributed by atoms with Crippen LogP contribution < -0.4 is 16.0 Å². The van der Waals surface area contributed by atoms with Crippen molar-refractivity contribution in [2.24, 2.45) is 18.2 Å². The molecule has 1 spiro atoms. The second-order valence-corrected chi connectivity index (χ2v) is 13.4. The van der Waals surface area contributed by atoms with E-state index in [4.69, 9.17) is 22.1 Å². The van der Waals surface area contributed by atoms with Gasteiger partial charge in [-0.1, -0.05) is 41.6 Å². The molecule has 6 heterocycles. The minimum absolute atomic E-state index is 0.0197. The predicted molar refractivity (Wildman–Crippen MR) is 175 cm³/mol. The van der Waals surface area contributed by atoms with Gasteiger partial charge in [0.05, 0.1) is 35.8 Å². The molecule has 1 aromatic carbocycles. The maximum Gasteiger partial charge on any atom is 0.419 e. The number of nitrogens with two attached hydrogens (primary N) is 1. The van der Waals surface area contributed by atoms with E-state index in [1.165, 1.54) is 18.0 Å². The Hall–Kier alpha value is -3.98. The van der Waals surface area contributed by atoms with Crippen LogP contribution in [0.3, 0.4) is 0 Å². The zero-order valence-corrected chi connectivity index (χ0v) is 27.1. The summed E-state index contributed by atoms with van der Waals surface area (Å²) in [5, 5.41) is 4.40. The van der Waals surface area contributed by atoms with Crippen LogP contribution in [0.2, 0.25) is 5.02 Å². The predicted octanol–water partition coefficient (Wildman–Crippen LogP) is 6.72. The second kappa shape index (κ2) is 12.2. The summed E-state index contributed by atoms with van der Waals surface area (Å²) in [6.07, 6.45) is 4.65. The fraction of sp³-hybridized carbons (Fsp3) is 0.344. The summed E-state index contributed by atoms with van der Waals surface area (Å²) in [6, 6.07) is 8.96. The molecule has 2 aliphatic rings. The largest absolute Gasteiger partial charge is 0.419 e. The standard InChI is InChI=1S/C32H31ClF3N9OS/c1-18-28(37)31(17-46-18)8-11-45(12-9-31)24-14-40-25(15-39-24)47-23-7-10-38-29(26(23)33)43-30-41-13-21(32(34,35)36)27(42-30)20-16-44(2)22-6-4-3-5-19(20)22/h3-7,10,13-16,18,28H,8-9,11-12,17,37H2,1-2H3,(H,38,41,42,43)/t18-,28+/m0/s1. The summed E-state index contributed by atoms with van der Waals surface area (Å²) < 4.78 is 49.8. The number of anilines is 3. The zero-order valence-electron chi connectivity index (χ0n) is 25.5. The average Bonchev–Trinajstić information content (AvgIpc) is 3.54. The lowest BCUT2D eigenvalue weighted by Gasteiger charge is -2.41. The molecule has 2 atom stereocenters. The zero-order chi connectivity index (χ0) is 32.9. The molecule has 0 amide bonds. The Morgan fingerprint density at radius 3 is 2.55 bits per heavy atom. The van der Waals surface area contributed by atoms with Crippen LogP contribution in [-0.4, -0.2) is 61.3 Å². The number of halogens is 4. The number of aromatic nitrogens is 6. The number of benzene rings is 1. The molecule has 47 heavy (non-hydrogen) atoms. The van der Waals surface area contributed by atoms with Crippen molar-refractivity contribution in [1.82, 2.24) is 29.5 Å². The number of ether oxygens (including phenoxy) is 1. The lowest BCUT2D eigenvalue weighted by Crippen LogP contribution is -2.50. The van der Waals surface area contributed by atoms with E-state index in [1.807, 2.05) is 19.1 Å². The van der Waals surface area contributed by atoms with Gasteiger partial charge in [0.15, 0.2) is 5.82 Å². The number of piperidine rings is 1. The van der Waals surface area contributed by atoms with Gasteiger partial charge < -0.3 is 25.3 Å². The summed E-state index contributed by atoms with van der Waals surface area (Å²) in [5.41, 5.74) is 6.40. The average molecular weight is 682 g/mol. The van der Waals surface area contributed by atoms with Crippen molar-refractivity contribution in [3.8, 4) is 11.3 Å². The van der Waals surface area contributed by atoms with Crippen molar-refractivity contribution in [3.63, 3.8) is 0 Å². The number of para-hydroxylation sites is 1. The maximum atomic E-state index is 14.1. The SMILES string of the molecule is C[C@@H]1OCC2(CCN(c3cnc(Sc4ccnc(Nc5ncc(C(F)(F)F)c(-c6cn(C)c7ccccc67)n5)c4Cl)cn3)CC2)[C@@H]1N. The summed E-state index contributed by atoms with van der Waals surface area (Å²) in [4.78, 5) is 24.6. The minimum atomic E-state index is -4.67. The number of alkyl halides is 3. The van der Waals surface area contributed by atoms with E-state index < -0.39 is 11.7 Å². The molecule has 7 rings (SSSR count). The third kappa shape index (κ3) is 5.99. The van der Waals surface area contributed by atoms with Crippen LogP contribution in [0.4, 0.5) is 30.8 Å². The van der Waals surface area contributed by atoms with Crippen LogP contribution in [-0.2, 0) is 18.0 Å². The number of pyridine rings is 1. The molecular formula is C32H31ClF3N9OS. The molecule has 5 aromatic rings. The molecule has 2 fully saturated rings. The molecule has 0 saturated carbocycles. The molecule has 0 aliphatic carbocycles. The topological polar surface area (TPSA) is 120 Å². The van der Waals surface area contributed by atoms with E-state index in [0.717, 1.165) is 43.5 Å². The number of nitrogens with zero attached hydrogens (tertiary/aromatic N) is 7. The number of aryl methyl sites for hydroxylation is 1. The van der Waals surface area contributed by atoms with Gasteiger partial charge in [0.25, 0.3) is 0 Å². The molecule has 244 valence electrons. The smallest absolute Gasteiger partial charge is 0.376 e. The van der Waals surface area contributed by atoms with E-state index in [9.17, 15) is 13.2 Å². The molecule has 2 aliphatic heterocycles. The first kappa shape index (κ1) is 31.6. The Morgan fingerprint density at radius 1 is 1.06 bits per heavy atom. The number of nitrogens with one attached hydrogen (secondary N) is 1. The van der Waals surface area contributed by atoms with Crippen LogP contribution in [0.5, 0.6) is 0 Å². The van der Waals surface area contributed by atoms with Gasteiger partial charge in [-0.25, -0.2) is 24.9 Å². The van der Waals surface area contributed by atoms with E-state index in [0.29, 0.717) is 27.5 Å². The van der Waals surface area contributed by atoms with E-state index in [-0.39, 0.29) is 40.0 Å². The molecule has 4 aromatic heterocycles. The first-order valence-corrected chi connectivity index (χ1v) is 16.2. The molecule has 0 bridgehead atoms. The molecular weight excluding hydrogens is 651 g/mol. The van der Waals surface area contributed by atoms with Crippen molar-refractivity contribution >= 4 is 51.8 Å². The first-order chi connectivity index (χ1) is 22.5. The third-order valence-electron chi connectivity index (χ3n) is 9.09. The summed E-state index contributed by atoms with van der Waals surface area (Å²) in [6.45, 7) is 4.38. The van der Waals surface area contributed by atoms with Crippen molar-refractivity contribution in [1.29, 1.82) is 0 Å². The molecule has 10 nitrogen and oxygen atoms in total. The molecule has 0 radical (unpaired) electrons. The van der Waals surface area contributed by atoms with E-state index in [1.54, 1.807) is 48.4 Å². The third-order valence-corrected chi connectivity index (χ3v) is 10.6.